The second kappa shape index (κ2) is 17.3. The lowest BCUT2D eigenvalue weighted by atomic mass is 10.1. The van der Waals surface area contributed by atoms with Crippen LogP contribution in [0.25, 0.3) is 0 Å². The van der Waals surface area contributed by atoms with Crippen LogP contribution in [0.4, 0.5) is 0 Å². The van der Waals surface area contributed by atoms with Gasteiger partial charge in [-0.15, -0.1) is 0 Å². The van der Waals surface area contributed by atoms with Gasteiger partial charge >= 0.3 is 5.97 Å². The van der Waals surface area contributed by atoms with Crippen molar-refractivity contribution in [2.24, 2.45) is 0 Å². The highest BCUT2D eigenvalue weighted by Crippen LogP contribution is 2.13. The summed E-state index contributed by atoms with van der Waals surface area (Å²) in [6.07, 6.45) is 21.4. The Morgan fingerprint density at radius 1 is 0.893 bits per heavy atom. The third kappa shape index (κ3) is 14.3. The fourth-order valence-electron chi connectivity index (χ4n) is 3.22. The van der Waals surface area contributed by atoms with Crippen molar-refractivity contribution in [3.8, 4) is 5.75 Å². The summed E-state index contributed by atoms with van der Waals surface area (Å²) in [6, 6.07) is 6.82. The molecule has 3 nitrogen and oxygen atoms in total. The molecular weight excluding hydrogens is 348 g/mol. The first-order valence-corrected chi connectivity index (χ1v) is 11.3. The third-order valence-electron chi connectivity index (χ3n) is 4.95. The van der Waals surface area contributed by atoms with E-state index in [0.717, 1.165) is 18.4 Å². The van der Waals surface area contributed by atoms with Gasteiger partial charge in [-0.1, -0.05) is 82.6 Å². The van der Waals surface area contributed by atoms with Crippen molar-refractivity contribution in [1.29, 1.82) is 0 Å². The Morgan fingerprint density at radius 3 is 2.14 bits per heavy atom. The van der Waals surface area contributed by atoms with Gasteiger partial charge in [-0.3, -0.25) is 4.79 Å². The Labute approximate surface area is 172 Å². The standard InChI is InChI=1S/C25H40O3/c1-2-3-4-5-6-7-8-9-10-11-12-13-14-15-16-20-25(27)28-22-23-18-17-19-24(26)21-23/h9-10,17-19,21,26H,2-8,11-16,20,22H2,1H3/b10-9-. The number of unbranched alkanes of at least 4 members (excludes halogenated alkanes) is 11. The van der Waals surface area contributed by atoms with Crippen molar-refractivity contribution >= 4 is 5.97 Å². The zero-order chi connectivity index (χ0) is 20.3. The van der Waals surface area contributed by atoms with Crippen LogP contribution >= 0.6 is 0 Å². The van der Waals surface area contributed by atoms with Crippen molar-refractivity contribution in [1.82, 2.24) is 0 Å². The second-order valence-electron chi connectivity index (χ2n) is 7.66. The van der Waals surface area contributed by atoms with Gasteiger partial charge in [0.1, 0.15) is 12.4 Å². The van der Waals surface area contributed by atoms with E-state index < -0.39 is 0 Å². The number of aromatic hydroxyl groups is 1. The number of benzene rings is 1. The predicted octanol–water partition coefficient (Wildman–Crippen LogP) is 7.47. The minimum absolute atomic E-state index is 0.152. The van der Waals surface area contributed by atoms with E-state index in [1.165, 1.54) is 70.6 Å². The van der Waals surface area contributed by atoms with E-state index in [1.54, 1.807) is 18.2 Å². The van der Waals surface area contributed by atoms with Crippen LogP contribution in [0.15, 0.2) is 36.4 Å². The lowest BCUT2D eigenvalue weighted by molar-refractivity contribution is -0.145. The summed E-state index contributed by atoms with van der Waals surface area (Å²) in [6.45, 7) is 2.50. The molecule has 1 aromatic rings. The first kappa shape index (κ1) is 24.3. The lowest BCUT2D eigenvalue weighted by Crippen LogP contribution is -2.04. The minimum atomic E-state index is -0.152. The number of phenolic OH excluding ortho intramolecular Hbond substituents is 1. The number of hydrogen-bond donors (Lipinski definition) is 1. The third-order valence-corrected chi connectivity index (χ3v) is 4.95. The van der Waals surface area contributed by atoms with Crippen LogP contribution in [0, 0.1) is 0 Å². The molecular formula is C25H40O3. The molecule has 1 aromatic carbocycles. The van der Waals surface area contributed by atoms with Gasteiger partial charge in [0.15, 0.2) is 0 Å². The number of esters is 1. The molecule has 1 N–H and O–H groups in total. The molecule has 0 aliphatic heterocycles. The molecule has 0 fully saturated rings. The van der Waals surface area contributed by atoms with Gasteiger partial charge in [-0.25, -0.2) is 0 Å². The molecule has 0 unspecified atom stereocenters. The van der Waals surface area contributed by atoms with Crippen molar-refractivity contribution in [2.75, 3.05) is 0 Å². The van der Waals surface area contributed by atoms with E-state index in [4.69, 9.17) is 4.74 Å². The maximum absolute atomic E-state index is 11.7. The SMILES string of the molecule is CCCCCCCC/C=C\CCCCCCCC(=O)OCc1cccc(O)c1. The molecule has 0 spiro atoms. The molecule has 0 atom stereocenters. The highest BCUT2D eigenvalue weighted by Gasteiger charge is 2.03. The van der Waals surface area contributed by atoms with Gasteiger partial charge in [0, 0.05) is 6.42 Å². The lowest BCUT2D eigenvalue weighted by Gasteiger charge is -2.05. The van der Waals surface area contributed by atoms with E-state index in [1.807, 2.05) is 6.07 Å². The number of ether oxygens (including phenoxy) is 1. The van der Waals surface area contributed by atoms with E-state index in [-0.39, 0.29) is 18.3 Å². The summed E-state index contributed by atoms with van der Waals surface area (Å²) in [5.74, 6) is 0.0479. The Balaban J connectivity index is 1.85. The summed E-state index contributed by atoms with van der Waals surface area (Å²) < 4.78 is 5.24. The molecule has 0 bridgehead atoms. The molecule has 0 heterocycles. The average Bonchev–Trinajstić information content (AvgIpc) is 2.69. The zero-order valence-electron chi connectivity index (χ0n) is 17.8. The summed E-state index contributed by atoms with van der Waals surface area (Å²) in [4.78, 5) is 11.7. The number of allylic oxidation sites excluding steroid dienone is 2. The van der Waals surface area contributed by atoms with E-state index in [9.17, 15) is 9.90 Å². The summed E-state index contributed by atoms with van der Waals surface area (Å²) in [5.41, 5.74) is 0.817. The minimum Gasteiger partial charge on any atom is -0.508 e. The van der Waals surface area contributed by atoms with E-state index >= 15 is 0 Å². The molecule has 158 valence electrons. The number of hydrogen-bond acceptors (Lipinski definition) is 3. The van der Waals surface area contributed by atoms with Crippen molar-refractivity contribution in [3.63, 3.8) is 0 Å². The summed E-state index contributed by atoms with van der Waals surface area (Å²) >= 11 is 0. The molecule has 0 aromatic heterocycles. The van der Waals surface area contributed by atoms with Gasteiger partial charge in [0.25, 0.3) is 0 Å². The van der Waals surface area contributed by atoms with Crippen LogP contribution in [-0.4, -0.2) is 11.1 Å². The van der Waals surface area contributed by atoms with Crippen molar-refractivity contribution in [2.45, 2.75) is 103 Å². The van der Waals surface area contributed by atoms with Gasteiger partial charge in [0.2, 0.25) is 0 Å². The first-order chi connectivity index (χ1) is 13.7. The fourth-order valence-corrected chi connectivity index (χ4v) is 3.22. The maximum Gasteiger partial charge on any atom is 0.306 e. The van der Waals surface area contributed by atoms with Crippen LogP contribution in [0.2, 0.25) is 0 Å². The van der Waals surface area contributed by atoms with Crippen molar-refractivity contribution < 1.29 is 14.6 Å². The van der Waals surface area contributed by atoms with Crippen LogP contribution < -0.4 is 0 Å². The van der Waals surface area contributed by atoms with Gasteiger partial charge < -0.3 is 9.84 Å². The summed E-state index contributed by atoms with van der Waals surface area (Å²) in [5, 5.41) is 9.39. The number of carbonyl (C=O) groups excluding carboxylic acids is 1. The van der Waals surface area contributed by atoms with Crippen molar-refractivity contribution in [3.05, 3.63) is 42.0 Å². The number of rotatable bonds is 17. The summed E-state index contributed by atoms with van der Waals surface area (Å²) in [7, 11) is 0. The molecule has 0 saturated heterocycles. The molecule has 0 amide bonds. The average molecular weight is 389 g/mol. The molecule has 0 aliphatic rings. The normalized spacial score (nSPS) is 11.2. The molecule has 3 heteroatoms. The number of carbonyl (C=O) groups is 1. The molecule has 0 saturated carbocycles. The molecule has 1 rings (SSSR count). The van der Waals surface area contributed by atoms with E-state index in [2.05, 4.69) is 19.1 Å². The molecule has 28 heavy (non-hydrogen) atoms. The van der Waals surface area contributed by atoms with Crippen LogP contribution in [0.5, 0.6) is 5.75 Å². The Bertz CT molecular complexity index is 536. The zero-order valence-corrected chi connectivity index (χ0v) is 17.8. The fraction of sp³-hybridized carbons (Fsp3) is 0.640. The smallest absolute Gasteiger partial charge is 0.306 e. The second-order valence-corrected chi connectivity index (χ2v) is 7.66. The highest BCUT2D eigenvalue weighted by atomic mass is 16.5. The molecule has 0 radical (unpaired) electrons. The van der Waals surface area contributed by atoms with E-state index in [0.29, 0.717) is 6.42 Å². The predicted molar refractivity (Wildman–Crippen MR) is 117 cm³/mol. The molecule has 0 aliphatic carbocycles. The Morgan fingerprint density at radius 2 is 1.50 bits per heavy atom. The van der Waals surface area contributed by atoms with Gasteiger partial charge in [0.05, 0.1) is 0 Å². The topological polar surface area (TPSA) is 46.5 Å². The Kier molecular flexibility index (Phi) is 15.0. The Hall–Kier alpha value is -1.77. The highest BCUT2D eigenvalue weighted by molar-refractivity contribution is 5.69. The quantitative estimate of drug-likeness (QED) is 0.171. The van der Waals surface area contributed by atoms with Gasteiger partial charge in [-0.05, 0) is 49.8 Å². The van der Waals surface area contributed by atoms with Crippen LogP contribution in [0.3, 0.4) is 0 Å². The van der Waals surface area contributed by atoms with Gasteiger partial charge in [-0.2, -0.15) is 0 Å². The monoisotopic (exact) mass is 388 g/mol. The van der Waals surface area contributed by atoms with Crippen LogP contribution in [-0.2, 0) is 16.1 Å². The largest absolute Gasteiger partial charge is 0.508 e. The first-order valence-electron chi connectivity index (χ1n) is 11.3. The van der Waals surface area contributed by atoms with Crippen LogP contribution in [0.1, 0.15) is 102 Å². The number of phenols is 1. The maximum atomic E-state index is 11.7.